The van der Waals surface area contributed by atoms with Gasteiger partial charge in [0.25, 0.3) is 5.91 Å². The van der Waals surface area contributed by atoms with Crippen molar-refractivity contribution in [2.45, 2.75) is 31.2 Å². The Morgan fingerprint density at radius 1 is 1.47 bits per heavy atom. The molecule has 0 aromatic heterocycles. The second-order valence-corrected chi connectivity index (χ2v) is 6.44. The number of carbonyl (C=O) groups excluding carboxylic acids is 1. The van der Waals surface area contributed by atoms with Crippen molar-refractivity contribution in [2.24, 2.45) is 11.1 Å². The molecule has 1 aliphatic rings. The van der Waals surface area contributed by atoms with Crippen LogP contribution in [0.5, 0.6) is 0 Å². The Morgan fingerprint density at radius 2 is 2.05 bits per heavy atom. The maximum Gasteiger partial charge on any atom is 0.251 e. The number of rotatable bonds is 3. The van der Waals surface area contributed by atoms with Gasteiger partial charge in [-0.15, -0.1) is 0 Å². The molecule has 0 aliphatic heterocycles. The summed E-state index contributed by atoms with van der Waals surface area (Å²) in [6.45, 7) is 3.42. The van der Waals surface area contributed by atoms with Crippen LogP contribution in [-0.2, 0) is 10.0 Å². The Bertz CT molecular complexity index is 643. The highest BCUT2D eigenvalue weighted by molar-refractivity contribution is 7.89. The lowest BCUT2D eigenvalue weighted by Crippen LogP contribution is -2.28. The molecule has 1 aliphatic carbocycles. The summed E-state index contributed by atoms with van der Waals surface area (Å²) in [5.74, 6) is -0.879. The summed E-state index contributed by atoms with van der Waals surface area (Å²) >= 11 is 0. The van der Waals surface area contributed by atoms with Crippen molar-refractivity contribution in [2.75, 3.05) is 0 Å². The molecule has 0 saturated heterocycles. The number of carbonyl (C=O) groups is 1. The number of sulfonamides is 1. The van der Waals surface area contributed by atoms with Crippen molar-refractivity contribution in [3.63, 3.8) is 0 Å². The monoisotopic (exact) mass is 286 g/mol. The number of benzene rings is 1. The van der Waals surface area contributed by atoms with Crippen LogP contribution in [0.15, 0.2) is 17.0 Å². The second-order valence-electron chi connectivity index (χ2n) is 4.91. The molecule has 2 rings (SSSR count). The zero-order chi connectivity index (χ0) is 14.4. The summed E-state index contributed by atoms with van der Waals surface area (Å²) in [6, 6.07) is 1.92. The molecule has 0 heterocycles. The molecule has 0 spiro atoms. The van der Waals surface area contributed by atoms with Gasteiger partial charge in [0.15, 0.2) is 0 Å². The lowest BCUT2D eigenvalue weighted by Gasteiger charge is -2.10. The molecule has 1 amide bonds. The molecule has 1 aromatic rings. The first kappa shape index (κ1) is 14.0. The summed E-state index contributed by atoms with van der Waals surface area (Å²) in [7, 11) is -4.06. The standard InChI is InChI=1S/C12H15FN2O3S/c1-6-3-10(6)15-12(16)9-4-8(13)5-11(7(9)2)19(14,17)18/h4-6,10H,3H2,1-2H3,(H,15,16)(H2,14,17,18). The van der Waals surface area contributed by atoms with E-state index in [1.54, 1.807) is 0 Å². The van der Waals surface area contributed by atoms with Crippen LogP contribution >= 0.6 is 0 Å². The number of hydrogen-bond donors (Lipinski definition) is 2. The molecule has 1 aromatic carbocycles. The van der Waals surface area contributed by atoms with Gasteiger partial charge in [0.2, 0.25) is 10.0 Å². The number of hydrogen-bond acceptors (Lipinski definition) is 3. The predicted molar refractivity (Wildman–Crippen MR) is 67.5 cm³/mol. The van der Waals surface area contributed by atoms with Crippen molar-refractivity contribution >= 4 is 15.9 Å². The van der Waals surface area contributed by atoms with Crippen LogP contribution in [0.4, 0.5) is 4.39 Å². The fraction of sp³-hybridized carbons (Fsp3) is 0.417. The van der Waals surface area contributed by atoms with Gasteiger partial charge in [0.05, 0.1) is 4.90 Å². The maximum absolute atomic E-state index is 13.4. The Balaban J connectivity index is 2.40. The van der Waals surface area contributed by atoms with Crippen LogP contribution in [0.3, 0.4) is 0 Å². The molecule has 0 radical (unpaired) electrons. The number of nitrogens with two attached hydrogens (primary N) is 1. The van der Waals surface area contributed by atoms with Gasteiger partial charge in [-0.05, 0) is 37.0 Å². The van der Waals surface area contributed by atoms with E-state index in [4.69, 9.17) is 5.14 Å². The molecule has 104 valence electrons. The Morgan fingerprint density at radius 3 is 2.53 bits per heavy atom. The van der Waals surface area contributed by atoms with E-state index in [9.17, 15) is 17.6 Å². The number of primary sulfonamides is 1. The van der Waals surface area contributed by atoms with Gasteiger partial charge in [-0.3, -0.25) is 4.79 Å². The third kappa shape index (κ3) is 2.93. The van der Waals surface area contributed by atoms with Gasteiger partial charge >= 0.3 is 0 Å². The van der Waals surface area contributed by atoms with Crippen LogP contribution in [0.2, 0.25) is 0 Å². The molecule has 2 atom stereocenters. The van der Waals surface area contributed by atoms with Crippen LogP contribution in [0, 0.1) is 18.7 Å². The largest absolute Gasteiger partial charge is 0.349 e. The SMILES string of the molecule is Cc1c(C(=O)NC2CC2C)cc(F)cc1S(N)(=O)=O. The second kappa shape index (κ2) is 4.57. The van der Waals surface area contributed by atoms with E-state index in [0.717, 1.165) is 18.6 Å². The minimum Gasteiger partial charge on any atom is -0.349 e. The topological polar surface area (TPSA) is 89.3 Å². The minimum atomic E-state index is -4.06. The summed E-state index contributed by atoms with van der Waals surface area (Å²) < 4.78 is 36.1. The van der Waals surface area contributed by atoms with Crippen LogP contribution in [-0.4, -0.2) is 20.4 Å². The number of nitrogens with one attached hydrogen (secondary N) is 1. The average Bonchev–Trinajstić information content (AvgIpc) is 2.95. The minimum absolute atomic E-state index is 0.00289. The van der Waals surface area contributed by atoms with Crippen molar-refractivity contribution in [3.8, 4) is 0 Å². The third-order valence-electron chi connectivity index (χ3n) is 3.30. The normalized spacial score (nSPS) is 22.1. The highest BCUT2D eigenvalue weighted by Gasteiger charge is 2.34. The van der Waals surface area contributed by atoms with E-state index < -0.39 is 21.7 Å². The molecule has 1 saturated carbocycles. The van der Waals surface area contributed by atoms with Gasteiger partial charge in [-0.1, -0.05) is 6.92 Å². The summed E-state index contributed by atoms with van der Waals surface area (Å²) in [6.07, 6.45) is 0.877. The smallest absolute Gasteiger partial charge is 0.251 e. The Hall–Kier alpha value is -1.47. The van der Waals surface area contributed by atoms with E-state index in [1.807, 2.05) is 6.92 Å². The zero-order valence-corrected chi connectivity index (χ0v) is 11.4. The van der Waals surface area contributed by atoms with Gasteiger partial charge in [0, 0.05) is 11.6 Å². The molecule has 5 nitrogen and oxygen atoms in total. The molecule has 3 N–H and O–H groups in total. The van der Waals surface area contributed by atoms with Crippen molar-refractivity contribution in [1.29, 1.82) is 0 Å². The van der Waals surface area contributed by atoms with E-state index in [2.05, 4.69) is 5.32 Å². The van der Waals surface area contributed by atoms with Gasteiger partial charge < -0.3 is 5.32 Å². The average molecular weight is 286 g/mol. The zero-order valence-electron chi connectivity index (χ0n) is 10.6. The molecular formula is C12H15FN2O3S. The van der Waals surface area contributed by atoms with Crippen molar-refractivity contribution < 1.29 is 17.6 Å². The van der Waals surface area contributed by atoms with E-state index in [0.29, 0.717) is 5.92 Å². The lowest BCUT2D eigenvalue weighted by molar-refractivity contribution is 0.0948. The van der Waals surface area contributed by atoms with E-state index in [-0.39, 0.29) is 22.1 Å². The molecule has 19 heavy (non-hydrogen) atoms. The molecule has 0 bridgehead atoms. The Kier molecular flexibility index (Phi) is 3.36. The molecule has 1 fully saturated rings. The lowest BCUT2D eigenvalue weighted by atomic mass is 10.1. The van der Waals surface area contributed by atoms with E-state index >= 15 is 0 Å². The van der Waals surface area contributed by atoms with Gasteiger partial charge in [-0.25, -0.2) is 17.9 Å². The third-order valence-corrected chi connectivity index (χ3v) is 4.34. The van der Waals surface area contributed by atoms with Crippen molar-refractivity contribution in [1.82, 2.24) is 5.32 Å². The highest BCUT2D eigenvalue weighted by Crippen LogP contribution is 2.30. The van der Waals surface area contributed by atoms with Crippen LogP contribution in [0.1, 0.15) is 29.3 Å². The number of halogens is 1. The van der Waals surface area contributed by atoms with Crippen LogP contribution in [0.25, 0.3) is 0 Å². The summed E-state index contributed by atoms with van der Waals surface area (Å²) in [4.78, 5) is 11.6. The highest BCUT2D eigenvalue weighted by atomic mass is 32.2. The summed E-state index contributed by atoms with van der Waals surface area (Å²) in [5, 5.41) is 7.73. The van der Waals surface area contributed by atoms with Gasteiger partial charge in [-0.2, -0.15) is 0 Å². The quantitative estimate of drug-likeness (QED) is 0.866. The first-order valence-electron chi connectivity index (χ1n) is 5.84. The fourth-order valence-electron chi connectivity index (χ4n) is 1.95. The van der Waals surface area contributed by atoms with Crippen molar-refractivity contribution in [3.05, 3.63) is 29.1 Å². The molecule has 7 heteroatoms. The Labute approximate surface area is 111 Å². The molecular weight excluding hydrogens is 271 g/mol. The fourth-order valence-corrected chi connectivity index (χ4v) is 2.77. The van der Waals surface area contributed by atoms with Crippen LogP contribution < -0.4 is 10.5 Å². The first-order chi connectivity index (χ1) is 8.70. The first-order valence-corrected chi connectivity index (χ1v) is 7.38. The summed E-state index contributed by atoms with van der Waals surface area (Å²) in [5.41, 5.74) is 0.165. The predicted octanol–water partition coefficient (Wildman–Crippen LogP) is 0.920. The van der Waals surface area contributed by atoms with E-state index in [1.165, 1.54) is 6.92 Å². The van der Waals surface area contributed by atoms with Gasteiger partial charge in [0.1, 0.15) is 5.82 Å². The maximum atomic E-state index is 13.4. The number of amides is 1. The molecule has 2 unspecified atom stereocenters.